The molecule has 0 amide bonds. The van der Waals surface area contributed by atoms with E-state index in [4.69, 9.17) is 4.74 Å². The van der Waals surface area contributed by atoms with Crippen molar-refractivity contribution in [1.29, 1.82) is 0 Å². The molecule has 0 spiro atoms. The minimum atomic E-state index is 0.865. The van der Waals surface area contributed by atoms with E-state index < -0.39 is 0 Å². The van der Waals surface area contributed by atoms with E-state index in [-0.39, 0.29) is 0 Å². The van der Waals surface area contributed by atoms with Crippen LogP contribution in [0.2, 0.25) is 0 Å². The van der Waals surface area contributed by atoms with Crippen LogP contribution < -0.4 is 15.4 Å². The van der Waals surface area contributed by atoms with E-state index in [0.29, 0.717) is 0 Å². The second kappa shape index (κ2) is 4.64. The van der Waals surface area contributed by atoms with Gasteiger partial charge >= 0.3 is 0 Å². The van der Waals surface area contributed by atoms with Gasteiger partial charge in [-0.25, -0.2) is 0 Å². The molecule has 0 bridgehead atoms. The Labute approximate surface area is 90.8 Å². The van der Waals surface area contributed by atoms with Crippen molar-refractivity contribution in [2.75, 3.05) is 20.7 Å². The number of fused-ring (bicyclic) bond motifs is 1. The molecule has 0 saturated heterocycles. The van der Waals surface area contributed by atoms with Crippen LogP contribution >= 0.6 is 0 Å². The van der Waals surface area contributed by atoms with E-state index in [1.54, 1.807) is 7.11 Å². The lowest BCUT2D eigenvalue weighted by Gasteiger charge is -2.20. The topological polar surface area (TPSA) is 33.3 Å². The molecular weight excluding hydrogens is 188 g/mol. The molecule has 1 aromatic rings. The van der Waals surface area contributed by atoms with Gasteiger partial charge in [0, 0.05) is 18.7 Å². The Balaban J connectivity index is 2.37. The van der Waals surface area contributed by atoms with E-state index in [1.165, 1.54) is 16.7 Å². The fourth-order valence-corrected chi connectivity index (χ4v) is 2.08. The van der Waals surface area contributed by atoms with E-state index in [9.17, 15) is 0 Å². The summed E-state index contributed by atoms with van der Waals surface area (Å²) < 4.78 is 5.40. The first-order valence-corrected chi connectivity index (χ1v) is 5.39. The van der Waals surface area contributed by atoms with Gasteiger partial charge in [0.2, 0.25) is 0 Å². The van der Waals surface area contributed by atoms with Gasteiger partial charge in [0.25, 0.3) is 0 Å². The van der Waals surface area contributed by atoms with Gasteiger partial charge in [-0.2, -0.15) is 0 Å². The summed E-state index contributed by atoms with van der Waals surface area (Å²) in [5.41, 5.74) is 4.08. The Hall–Kier alpha value is -1.06. The Kier molecular flexibility index (Phi) is 3.23. The highest BCUT2D eigenvalue weighted by atomic mass is 16.5. The van der Waals surface area contributed by atoms with Crippen molar-refractivity contribution in [1.82, 2.24) is 10.6 Å². The maximum absolute atomic E-state index is 5.40. The molecule has 15 heavy (non-hydrogen) atoms. The highest BCUT2D eigenvalue weighted by Crippen LogP contribution is 2.25. The number of ether oxygens (including phenoxy) is 1. The molecule has 0 atom stereocenters. The highest BCUT2D eigenvalue weighted by Gasteiger charge is 2.12. The first kappa shape index (κ1) is 10.5. The first-order valence-electron chi connectivity index (χ1n) is 5.39. The molecule has 0 aliphatic carbocycles. The van der Waals surface area contributed by atoms with Crippen LogP contribution in [0.4, 0.5) is 0 Å². The van der Waals surface area contributed by atoms with Gasteiger partial charge in [0.15, 0.2) is 0 Å². The monoisotopic (exact) mass is 206 g/mol. The van der Waals surface area contributed by atoms with Crippen molar-refractivity contribution in [2.45, 2.75) is 19.5 Å². The maximum Gasteiger partial charge on any atom is 0.123 e. The van der Waals surface area contributed by atoms with E-state index in [1.807, 2.05) is 7.05 Å². The number of hydrogen-bond donors (Lipinski definition) is 2. The largest absolute Gasteiger partial charge is 0.496 e. The fourth-order valence-electron chi connectivity index (χ4n) is 2.08. The Morgan fingerprint density at radius 3 is 3.00 bits per heavy atom. The second-order valence-electron chi connectivity index (χ2n) is 3.89. The summed E-state index contributed by atoms with van der Waals surface area (Å²) in [5, 5.41) is 6.54. The van der Waals surface area contributed by atoms with Gasteiger partial charge in [-0.1, -0.05) is 6.07 Å². The molecule has 2 rings (SSSR count). The normalized spacial score (nSPS) is 14.8. The molecule has 3 nitrogen and oxygen atoms in total. The summed E-state index contributed by atoms with van der Waals surface area (Å²) in [7, 11) is 3.69. The van der Waals surface area contributed by atoms with E-state index in [0.717, 1.165) is 31.8 Å². The van der Waals surface area contributed by atoms with Crippen molar-refractivity contribution in [3.63, 3.8) is 0 Å². The number of hydrogen-bond acceptors (Lipinski definition) is 3. The molecule has 3 heteroatoms. The van der Waals surface area contributed by atoms with Crippen molar-refractivity contribution in [3.05, 3.63) is 28.8 Å². The lowest BCUT2D eigenvalue weighted by atomic mass is 9.97. The summed E-state index contributed by atoms with van der Waals surface area (Å²) in [6, 6.07) is 4.43. The molecule has 2 N–H and O–H groups in total. The second-order valence-corrected chi connectivity index (χ2v) is 3.89. The Bertz CT molecular complexity index is 350. The quantitative estimate of drug-likeness (QED) is 0.776. The van der Waals surface area contributed by atoms with Gasteiger partial charge in [-0.3, -0.25) is 0 Å². The summed E-state index contributed by atoms with van der Waals surface area (Å²) in [6.07, 6.45) is 1.12. The van der Waals surface area contributed by atoms with Crippen molar-refractivity contribution < 1.29 is 4.74 Å². The van der Waals surface area contributed by atoms with Gasteiger partial charge < -0.3 is 15.4 Å². The molecular formula is C12H18N2O. The number of benzene rings is 1. The van der Waals surface area contributed by atoms with Crippen LogP contribution in [0.3, 0.4) is 0 Å². The average molecular weight is 206 g/mol. The van der Waals surface area contributed by atoms with Gasteiger partial charge in [0.05, 0.1) is 7.11 Å². The minimum absolute atomic E-state index is 0.865. The zero-order valence-electron chi connectivity index (χ0n) is 9.39. The van der Waals surface area contributed by atoms with Gasteiger partial charge in [-0.05, 0) is 37.2 Å². The van der Waals surface area contributed by atoms with Gasteiger partial charge in [0.1, 0.15) is 5.75 Å². The zero-order valence-corrected chi connectivity index (χ0v) is 9.39. The van der Waals surface area contributed by atoms with Crippen molar-refractivity contribution >= 4 is 0 Å². The van der Waals surface area contributed by atoms with Crippen LogP contribution in [0.5, 0.6) is 5.75 Å². The third kappa shape index (κ3) is 2.13. The summed E-state index contributed by atoms with van der Waals surface area (Å²) in [5.74, 6) is 0.992. The molecule has 0 unspecified atom stereocenters. The smallest absolute Gasteiger partial charge is 0.123 e. The summed E-state index contributed by atoms with van der Waals surface area (Å²) in [6.45, 7) is 2.91. The van der Waals surface area contributed by atoms with Crippen LogP contribution in [0, 0.1) is 0 Å². The molecule has 0 radical (unpaired) electrons. The van der Waals surface area contributed by atoms with E-state index >= 15 is 0 Å². The molecule has 82 valence electrons. The van der Waals surface area contributed by atoms with Crippen molar-refractivity contribution in [3.8, 4) is 5.75 Å². The van der Waals surface area contributed by atoms with Crippen LogP contribution in [-0.4, -0.2) is 20.7 Å². The average Bonchev–Trinajstić information content (AvgIpc) is 2.28. The molecule has 1 aliphatic rings. The zero-order chi connectivity index (χ0) is 10.7. The molecule has 1 heterocycles. The van der Waals surface area contributed by atoms with Crippen LogP contribution in [0.25, 0.3) is 0 Å². The summed E-state index contributed by atoms with van der Waals surface area (Å²) >= 11 is 0. The van der Waals surface area contributed by atoms with Crippen LogP contribution in [0.1, 0.15) is 16.7 Å². The third-order valence-corrected chi connectivity index (χ3v) is 2.86. The van der Waals surface area contributed by atoms with E-state index in [2.05, 4.69) is 22.8 Å². The minimum Gasteiger partial charge on any atom is -0.496 e. The SMILES string of the molecule is CNCc1cc2c(cc1OC)CNCC2. The lowest BCUT2D eigenvalue weighted by Crippen LogP contribution is -2.24. The van der Waals surface area contributed by atoms with Crippen LogP contribution in [0.15, 0.2) is 12.1 Å². The number of rotatable bonds is 3. The lowest BCUT2D eigenvalue weighted by molar-refractivity contribution is 0.407. The Morgan fingerprint density at radius 1 is 1.40 bits per heavy atom. The first-order chi connectivity index (χ1) is 7.35. The summed E-state index contributed by atoms with van der Waals surface area (Å²) in [4.78, 5) is 0. The van der Waals surface area contributed by atoms with Gasteiger partial charge in [-0.15, -0.1) is 0 Å². The molecule has 0 saturated carbocycles. The standard InChI is InChI=1S/C12H18N2O/c1-13-7-11-5-9-3-4-14-8-10(9)6-12(11)15-2/h5-6,13-14H,3-4,7-8H2,1-2H3. The predicted octanol–water partition coefficient (Wildman–Crippen LogP) is 1.06. The number of methoxy groups -OCH3 is 1. The highest BCUT2D eigenvalue weighted by molar-refractivity contribution is 5.43. The Morgan fingerprint density at radius 2 is 2.27 bits per heavy atom. The molecule has 1 aliphatic heterocycles. The molecule has 0 fully saturated rings. The number of nitrogens with one attached hydrogen (secondary N) is 2. The van der Waals surface area contributed by atoms with Crippen LogP contribution in [-0.2, 0) is 19.5 Å². The molecule has 0 aromatic heterocycles. The maximum atomic E-state index is 5.40. The van der Waals surface area contributed by atoms with Crippen molar-refractivity contribution in [2.24, 2.45) is 0 Å². The fraction of sp³-hybridized carbons (Fsp3) is 0.500. The predicted molar refractivity (Wildman–Crippen MR) is 61.2 cm³/mol. The molecule has 1 aromatic carbocycles. The third-order valence-electron chi connectivity index (χ3n) is 2.86.